The van der Waals surface area contributed by atoms with Gasteiger partial charge in [0, 0.05) is 16.2 Å². The van der Waals surface area contributed by atoms with E-state index in [1.54, 1.807) is 13.0 Å². The molecule has 21 heavy (non-hydrogen) atoms. The van der Waals surface area contributed by atoms with Crippen molar-refractivity contribution < 1.29 is 17.6 Å². The second-order valence-corrected chi connectivity index (χ2v) is 5.52. The van der Waals surface area contributed by atoms with Crippen LogP contribution in [0.4, 0.5) is 23.2 Å². The van der Waals surface area contributed by atoms with Crippen molar-refractivity contribution in [2.75, 3.05) is 5.32 Å². The van der Waals surface area contributed by atoms with E-state index in [9.17, 15) is 17.6 Å². The van der Waals surface area contributed by atoms with Crippen molar-refractivity contribution in [3.8, 4) is 0 Å². The second kappa shape index (κ2) is 6.05. The Hall–Kier alpha value is -1.56. The Kier molecular flexibility index (Phi) is 4.56. The highest BCUT2D eigenvalue weighted by Crippen LogP contribution is 2.37. The van der Waals surface area contributed by atoms with Crippen LogP contribution >= 0.6 is 15.9 Å². The van der Waals surface area contributed by atoms with Crippen LogP contribution in [0, 0.1) is 5.82 Å². The van der Waals surface area contributed by atoms with Crippen LogP contribution in [-0.2, 0) is 6.18 Å². The summed E-state index contributed by atoms with van der Waals surface area (Å²) in [7, 11) is 0. The van der Waals surface area contributed by atoms with E-state index in [0.717, 1.165) is 6.07 Å². The predicted octanol–water partition coefficient (Wildman–Crippen LogP) is 5.78. The van der Waals surface area contributed by atoms with Gasteiger partial charge in [-0.15, -0.1) is 0 Å². The Labute approximate surface area is 128 Å². The van der Waals surface area contributed by atoms with Crippen LogP contribution in [0.5, 0.6) is 0 Å². The van der Waals surface area contributed by atoms with Crippen LogP contribution in [0.2, 0.25) is 0 Å². The number of benzene rings is 2. The molecule has 0 aliphatic heterocycles. The molecule has 0 fully saturated rings. The molecule has 0 heterocycles. The smallest absolute Gasteiger partial charge is 0.378 e. The van der Waals surface area contributed by atoms with Gasteiger partial charge in [-0.1, -0.05) is 28.1 Å². The van der Waals surface area contributed by atoms with Crippen LogP contribution in [0.15, 0.2) is 46.9 Å². The zero-order valence-electron chi connectivity index (χ0n) is 11.0. The second-order valence-electron chi connectivity index (χ2n) is 4.61. The Balaban J connectivity index is 2.32. The Bertz CT molecular complexity index is 640. The summed E-state index contributed by atoms with van der Waals surface area (Å²) in [5.74, 6) is -0.425. The van der Waals surface area contributed by atoms with Gasteiger partial charge in [0.2, 0.25) is 0 Å². The molecule has 1 nitrogen and oxygen atoms in total. The maximum Gasteiger partial charge on any atom is 0.418 e. The number of halogens is 5. The van der Waals surface area contributed by atoms with Crippen LogP contribution in [-0.4, -0.2) is 0 Å². The lowest BCUT2D eigenvalue weighted by atomic mass is 10.1. The predicted molar refractivity (Wildman–Crippen MR) is 77.6 cm³/mol. The van der Waals surface area contributed by atoms with Crippen molar-refractivity contribution in [3.63, 3.8) is 0 Å². The lowest BCUT2D eigenvalue weighted by Crippen LogP contribution is -2.13. The molecule has 1 N–H and O–H groups in total. The minimum absolute atomic E-state index is 0.0476. The summed E-state index contributed by atoms with van der Waals surface area (Å²) >= 11 is 3.15. The zero-order valence-corrected chi connectivity index (χ0v) is 12.6. The number of anilines is 1. The third-order valence-corrected chi connectivity index (χ3v) is 3.50. The quantitative estimate of drug-likeness (QED) is 0.683. The van der Waals surface area contributed by atoms with Crippen molar-refractivity contribution in [2.45, 2.75) is 19.1 Å². The van der Waals surface area contributed by atoms with Gasteiger partial charge in [-0.25, -0.2) is 4.39 Å². The van der Waals surface area contributed by atoms with E-state index in [-0.39, 0.29) is 5.69 Å². The van der Waals surface area contributed by atoms with E-state index in [0.29, 0.717) is 10.0 Å². The first-order chi connectivity index (χ1) is 9.77. The number of alkyl halides is 3. The van der Waals surface area contributed by atoms with E-state index in [1.807, 2.05) is 0 Å². The lowest BCUT2D eigenvalue weighted by molar-refractivity contribution is -0.137. The number of hydrogen-bond donors (Lipinski definition) is 1. The summed E-state index contributed by atoms with van der Waals surface area (Å²) in [5, 5.41) is 2.78. The molecule has 0 spiro atoms. The van der Waals surface area contributed by atoms with Crippen molar-refractivity contribution >= 4 is 21.6 Å². The van der Waals surface area contributed by atoms with Crippen LogP contribution < -0.4 is 5.32 Å². The van der Waals surface area contributed by atoms with Gasteiger partial charge in [0.15, 0.2) is 0 Å². The summed E-state index contributed by atoms with van der Waals surface area (Å²) in [6.07, 6.45) is -4.45. The molecular formula is C15H12BrF4N. The summed E-state index contributed by atoms with van der Waals surface area (Å²) in [4.78, 5) is 0. The van der Waals surface area contributed by atoms with Gasteiger partial charge in [0.05, 0.1) is 5.56 Å². The van der Waals surface area contributed by atoms with Gasteiger partial charge in [0.1, 0.15) is 5.82 Å². The van der Waals surface area contributed by atoms with Gasteiger partial charge in [-0.3, -0.25) is 0 Å². The minimum Gasteiger partial charge on any atom is -0.378 e. The summed E-state index contributed by atoms with van der Waals surface area (Å²) in [6, 6.07) is 9.00. The maximum absolute atomic E-state index is 13.2. The molecule has 2 aromatic rings. The highest BCUT2D eigenvalue weighted by atomic mass is 79.9. The molecule has 112 valence electrons. The average Bonchev–Trinajstić information content (AvgIpc) is 2.37. The molecular weight excluding hydrogens is 350 g/mol. The first-order valence-corrected chi connectivity index (χ1v) is 6.95. The van der Waals surface area contributed by atoms with Gasteiger partial charge in [0.25, 0.3) is 0 Å². The largest absolute Gasteiger partial charge is 0.418 e. The fraction of sp³-hybridized carbons (Fsp3) is 0.200. The van der Waals surface area contributed by atoms with Crippen molar-refractivity contribution in [1.82, 2.24) is 0 Å². The molecule has 0 radical (unpaired) electrons. The Morgan fingerprint density at radius 1 is 1.10 bits per heavy atom. The molecule has 6 heteroatoms. The molecule has 1 atom stereocenters. The van der Waals surface area contributed by atoms with E-state index in [4.69, 9.17) is 0 Å². The van der Waals surface area contributed by atoms with Gasteiger partial charge < -0.3 is 5.32 Å². The highest BCUT2D eigenvalue weighted by molar-refractivity contribution is 9.10. The van der Waals surface area contributed by atoms with Gasteiger partial charge in [-0.2, -0.15) is 13.2 Å². The van der Waals surface area contributed by atoms with Crippen LogP contribution in [0.1, 0.15) is 24.1 Å². The fourth-order valence-electron chi connectivity index (χ4n) is 1.98. The monoisotopic (exact) mass is 361 g/mol. The third-order valence-electron chi connectivity index (χ3n) is 3.01. The summed E-state index contributed by atoms with van der Waals surface area (Å²) < 4.78 is 52.7. The lowest BCUT2D eigenvalue weighted by Gasteiger charge is -2.20. The Morgan fingerprint density at radius 3 is 2.43 bits per heavy atom. The molecule has 2 aromatic carbocycles. The van der Waals surface area contributed by atoms with Crippen molar-refractivity contribution in [3.05, 3.63) is 63.9 Å². The minimum atomic E-state index is -4.45. The van der Waals surface area contributed by atoms with E-state index < -0.39 is 23.6 Å². The fourth-order valence-corrected chi connectivity index (χ4v) is 2.34. The molecule has 0 aliphatic rings. The Morgan fingerprint density at radius 2 is 1.81 bits per heavy atom. The van der Waals surface area contributed by atoms with Crippen molar-refractivity contribution in [2.24, 2.45) is 0 Å². The van der Waals surface area contributed by atoms with Crippen LogP contribution in [0.3, 0.4) is 0 Å². The van der Waals surface area contributed by atoms with E-state index in [1.165, 1.54) is 30.3 Å². The highest BCUT2D eigenvalue weighted by Gasteiger charge is 2.33. The normalized spacial score (nSPS) is 13.0. The average molecular weight is 362 g/mol. The molecule has 0 bridgehead atoms. The number of rotatable bonds is 3. The summed E-state index contributed by atoms with van der Waals surface area (Å²) in [6.45, 7) is 1.68. The molecule has 0 saturated carbocycles. The first-order valence-electron chi connectivity index (χ1n) is 6.16. The standard InChI is InChI=1S/C15H12BrF4N/c1-9(10-3-2-4-12(17)7-10)21-14-8-11(16)5-6-13(14)15(18,19)20/h2-9,21H,1H3. The number of hydrogen-bond acceptors (Lipinski definition) is 1. The molecule has 0 aliphatic carbocycles. The molecule has 1 unspecified atom stereocenters. The third kappa shape index (κ3) is 3.97. The van der Waals surface area contributed by atoms with E-state index >= 15 is 0 Å². The van der Waals surface area contributed by atoms with E-state index in [2.05, 4.69) is 21.2 Å². The zero-order chi connectivity index (χ0) is 15.6. The van der Waals surface area contributed by atoms with Crippen LogP contribution in [0.25, 0.3) is 0 Å². The van der Waals surface area contributed by atoms with Gasteiger partial charge >= 0.3 is 6.18 Å². The molecule has 0 aromatic heterocycles. The molecule has 2 rings (SSSR count). The SMILES string of the molecule is CC(Nc1cc(Br)ccc1C(F)(F)F)c1cccc(F)c1. The maximum atomic E-state index is 13.2. The van der Waals surface area contributed by atoms with Gasteiger partial charge in [-0.05, 0) is 42.8 Å². The first kappa shape index (κ1) is 15.8. The summed E-state index contributed by atoms with van der Waals surface area (Å²) in [5.41, 5.74) is -0.231. The molecule has 0 saturated heterocycles. The number of nitrogens with one attached hydrogen (secondary N) is 1. The van der Waals surface area contributed by atoms with Crippen molar-refractivity contribution in [1.29, 1.82) is 0 Å². The topological polar surface area (TPSA) is 12.0 Å². The molecule has 0 amide bonds.